The molecule has 8 heteroatoms. The fourth-order valence-electron chi connectivity index (χ4n) is 1.69. The first-order valence-electron chi connectivity index (χ1n) is 4.93. The van der Waals surface area contributed by atoms with Gasteiger partial charge in [-0.2, -0.15) is 4.31 Å². The molecule has 0 radical (unpaired) electrons. The van der Waals surface area contributed by atoms with Gasteiger partial charge in [-0.05, 0) is 28.4 Å². The van der Waals surface area contributed by atoms with Crippen LogP contribution in [0.25, 0.3) is 0 Å². The Hall–Kier alpha value is 0.340. The van der Waals surface area contributed by atoms with Gasteiger partial charge in [0.25, 0.3) is 10.0 Å². The topological polar surface area (TPSA) is 46.6 Å². The SMILES string of the molecule is COC1CCN(S(=O)(=O)c2cc(Cl)c(Br)s2)C1. The molecule has 1 aliphatic heterocycles. The van der Waals surface area contributed by atoms with Gasteiger partial charge in [-0.1, -0.05) is 11.6 Å². The number of rotatable bonds is 3. The zero-order valence-corrected chi connectivity index (χ0v) is 13.0. The maximum absolute atomic E-state index is 12.3. The first-order valence-corrected chi connectivity index (χ1v) is 8.35. The van der Waals surface area contributed by atoms with Crippen molar-refractivity contribution >= 4 is 48.9 Å². The number of hydrogen-bond donors (Lipinski definition) is 0. The van der Waals surface area contributed by atoms with Crippen molar-refractivity contribution in [2.24, 2.45) is 0 Å². The van der Waals surface area contributed by atoms with Crippen molar-refractivity contribution in [2.45, 2.75) is 16.7 Å². The molecule has 1 aromatic rings. The first kappa shape index (κ1) is 13.8. The molecule has 17 heavy (non-hydrogen) atoms. The van der Waals surface area contributed by atoms with Crippen molar-refractivity contribution in [3.63, 3.8) is 0 Å². The number of thiophene rings is 1. The van der Waals surface area contributed by atoms with E-state index in [2.05, 4.69) is 15.9 Å². The smallest absolute Gasteiger partial charge is 0.252 e. The molecule has 0 N–H and O–H groups in total. The van der Waals surface area contributed by atoms with E-state index < -0.39 is 10.0 Å². The van der Waals surface area contributed by atoms with E-state index in [1.54, 1.807) is 7.11 Å². The Kier molecular flexibility index (Phi) is 4.16. The zero-order valence-electron chi connectivity index (χ0n) is 9.02. The van der Waals surface area contributed by atoms with Gasteiger partial charge in [-0.15, -0.1) is 11.3 Å². The minimum Gasteiger partial charge on any atom is -0.380 e. The molecule has 1 aliphatic rings. The first-order chi connectivity index (χ1) is 7.95. The van der Waals surface area contributed by atoms with Gasteiger partial charge in [-0.25, -0.2) is 8.42 Å². The van der Waals surface area contributed by atoms with E-state index in [0.29, 0.717) is 21.9 Å². The summed E-state index contributed by atoms with van der Waals surface area (Å²) in [6.07, 6.45) is 0.722. The number of nitrogens with zero attached hydrogens (tertiary/aromatic N) is 1. The summed E-state index contributed by atoms with van der Waals surface area (Å²) >= 11 is 10.2. The third-order valence-electron chi connectivity index (χ3n) is 2.66. The Balaban J connectivity index is 2.25. The molecular formula is C9H11BrClNO3S2. The van der Waals surface area contributed by atoms with Gasteiger partial charge in [0.15, 0.2) is 0 Å². The van der Waals surface area contributed by atoms with Crippen LogP contribution in [0.2, 0.25) is 5.02 Å². The minimum absolute atomic E-state index is 0.0105. The van der Waals surface area contributed by atoms with Gasteiger partial charge in [-0.3, -0.25) is 0 Å². The molecule has 0 aromatic carbocycles. The Morgan fingerprint density at radius 2 is 2.35 bits per heavy atom. The van der Waals surface area contributed by atoms with Crippen LogP contribution in [0.4, 0.5) is 0 Å². The molecule has 2 heterocycles. The third-order valence-corrected chi connectivity index (χ3v) is 7.45. The summed E-state index contributed by atoms with van der Waals surface area (Å²) in [5.74, 6) is 0. The van der Waals surface area contributed by atoms with Gasteiger partial charge < -0.3 is 4.74 Å². The van der Waals surface area contributed by atoms with E-state index in [0.717, 1.165) is 17.8 Å². The van der Waals surface area contributed by atoms with E-state index >= 15 is 0 Å². The summed E-state index contributed by atoms with van der Waals surface area (Å²) in [7, 11) is -1.83. The zero-order chi connectivity index (χ0) is 12.6. The highest BCUT2D eigenvalue weighted by atomic mass is 79.9. The van der Waals surface area contributed by atoms with Crippen LogP contribution in [0.1, 0.15) is 6.42 Å². The van der Waals surface area contributed by atoms with Gasteiger partial charge in [0.05, 0.1) is 14.9 Å². The van der Waals surface area contributed by atoms with Gasteiger partial charge in [0, 0.05) is 20.2 Å². The number of halogens is 2. The molecule has 1 aromatic heterocycles. The highest BCUT2D eigenvalue weighted by molar-refractivity contribution is 9.11. The van der Waals surface area contributed by atoms with Crippen molar-refractivity contribution in [3.05, 3.63) is 14.9 Å². The molecule has 1 atom stereocenters. The van der Waals surface area contributed by atoms with Crippen LogP contribution in [0, 0.1) is 0 Å². The lowest BCUT2D eigenvalue weighted by Crippen LogP contribution is -2.29. The molecule has 0 spiro atoms. The number of ether oxygens (including phenoxy) is 1. The van der Waals surface area contributed by atoms with E-state index in [9.17, 15) is 8.42 Å². The summed E-state index contributed by atoms with van der Waals surface area (Å²) in [4.78, 5) is 0. The number of sulfonamides is 1. The minimum atomic E-state index is -3.43. The molecule has 0 bridgehead atoms. The number of hydrogen-bond acceptors (Lipinski definition) is 4. The summed E-state index contributed by atoms with van der Waals surface area (Å²) in [5.41, 5.74) is 0. The number of methoxy groups -OCH3 is 1. The Bertz CT molecular complexity index is 497. The second kappa shape index (κ2) is 5.14. The van der Waals surface area contributed by atoms with E-state index in [1.807, 2.05) is 0 Å². The quantitative estimate of drug-likeness (QED) is 0.832. The van der Waals surface area contributed by atoms with Crippen molar-refractivity contribution < 1.29 is 13.2 Å². The van der Waals surface area contributed by atoms with Crippen LogP contribution in [0.3, 0.4) is 0 Å². The lowest BCUT2D eigenvalue weighted by atomic mass is 10.3. The lowest BCUT2D eigenvalue weighted by molar-refractivity contribution is 0.115. The fraction of sp³-hybridized carbons (Fsp3) is 0.556. The van der Waals surface area contributed by atoms with Crippen LogP contribution in [0.5, 0.6) is 0 Å². The monoisotopic (exact) mass is 359 g/mol. The largest absolute Gasteiger partial charge is 0.380 e. The van der Waals surface area contributed by atoms with Crippen LogP contribution >= 0.6 is 38.9 Å². The maximum atomic E-state index is 12.3. The summed E-state index contributed by atoms with van der Waals surface area (Å²) < 4.78 is 32.0. The average molecular weight is 361 g/mol. The highest BCUT2D eigenvalue weighted by Crippen LogP contribution is 2.36. The van der Waals surface area contributed by atoms with Crippen molar-refractivity contribution in [1.82, 2.24) is 4.31 Å². The van der Waals surface area contributed by atoms with E-state index in [-0.39, 0.29) is 10.3 Å². The molecular weight excluding hydrogens is 350 g/mol. The average Bonchev–Trinajstić information content (AvgIpc) is 2.87. The normalized spacial score (nSPS) is 22.2. The molecule has 0 amide bonds. The molecule has 1 saturated heterocycles. The van der Waals surface area contributed by atoms with Crippen LogP contribution in [0.15, 0.2) is 14.1 Å². The maximum Gasteiger partial charge on any atom is 0.252 e. The molecule has 0 saturated carbocycles. The molecule has 2 rings (SSSR count). The van der Waals surface area contributed by atoms with Gasteiger partial charge in [0.2, 0.25) is 0 Å². The Morgan fingerprint density at radius 3 is 2.82 bits per heavy atom. The van der Waals surface area contributed by atoms with Crippen LogP contribution in [-0.4, -0.2) is 39.0 Å². The predicted molar refractivity (Wildman–Crippen MR) is 71.2 cm³/mol. The molecule has 1 fully saturated rings. The van der Waals surface area contributed by atoms with Gasteiger partial charge in [0.1, 0.15) is 4.21 Å². The highest BCUT2D eigenvalue weighted by Gasteiger charge is 2.33. The molecule has 4 nitrogen and oxygen atoms in total. The van der Waals surface area contributed by atoms with Crippen molar-refractivity contribution in [1.29, 1.82) is 0 Å². The summed E-state index contributed by atoms with van der Waals surface area (Å²) in [5, 5.41) is 0.427. The van der Waals surface area contributed by atoms with Crippen LogP contribution in [-0.2, 0) is 14.8 Å². The third kappa shape index (κ3) is 2.69. The van der Waals surface area contributed by atoms with E-state index in [4.69, 9.17) is 16.3 Å². The Labute approximate surface area is 118 Å². The second-order valence-corrected chi connectivity index (χ2v) is 8.64. The lowest BCUT2D eigenvalue weighted by Gasteiger charge is -2.14. The predicted octanol–water partition coefficient (Wildman–Crippen LogP) is 2.57. The summed E-state index contributed by atoms with van der Waals surface area (Å²) in [6, 6.07) is 1.48. The molecule has 0 aliphatic carbocycles. The van der Waals surface area contributed by atoms with Crippen LogP contribution < -0.4 is 0 Å². The molecule has 96 valence electrons. The standard InChI is InChI=1S/C9H11BrClNO3S2/c1-15-6-2-3-12(5-6)17(13,14)8-4-7(11)9(10)16-8/h4,6H,2-3,5H2,1H3. The summed E-state index contributed by atoms with van der Waals surface area (Å²) in [6.45, 7) is 0.903. The second-order valence-electron chi connectivity index (χ2n) is 3.70. The molecule has 1 unspecified atom stereocenters. The van der Waals surface area contributed by atoms with Crippen molar-refractivity contribution in [3.8, 4) is 0 Å². The van der Waals surface area contributed by atoms with Gasteiger partial charge >= 0.3 is 0 Å². The Morgan fingerprint density at radius 1 is 1.65 bits per heavy atom. The van der Waals surface area contributed by atoms with E-state index in [1.165, 1.54) is 10.4 Å². The van der Waals surface area contributed by atoms with Crippen molar-refractivity contribution in [2.75, 3.05) is 20.2 Å². The fourth-order valence-corrected chi connectivity index (χ4v) is 5.73.